The van der Waals surface area contributed by atoms with Crippen LogP contribution in [0.5, 0.6) is 0 Å². The average molecular weight is 305 g/mol. The number of nitrogens with zero attached hydrogens (tertiary/aromatic N) is 2. The Bertz CT molecular complexity index is 758. The number of hydrogen-bond acceptors (Lipinski definition) is 2. The van der Waals surface area contributed by atoms with Gasteiger partial charge < -0.3 is 4.57 Å². The molecule has 0 spiro atoms. The molecule has 1 aromatic carbocycles. The van der Waals surface area contributed by atoms with Crippen molar-refractivity contribution in [3.63, 3.8) is 0 Å². The highest BCUT2D eigenvalue weighted by atomic mass is 35.5. The summed E-state index contributed by atoms with van der Waals surface area (Å²) in [5.74, 6) is 0. The molecule has 0 N–H and O–H groups in total. The Morgan fingerprint density at radius 2 is 1.90 bits per heavy atom. The summed E-state index contributed by atoms with van der Waals surface area (Å²) >= 11 is 6.47. The standard InChI is InChI=1S/C17H21ClN2O/c1-11-8-14-15(16(18)12(11)2)17(21)13(9-19(14)3)10-20-6-4-5-7-20/h8-9H,4-7,10H2,1-3H3. The molecule has 1 fully saturated rings. The zero-order valence-electron chi connectivity index (χ0n) is 12.9. The fourth-order valence-corrected chi connectivity index (χ4v) is 3.50. The van der Waals surface area contributed by atoms with Gasteiger partial charge in [0, 0.05) is 25.4 Å². The second-order valence-corrected chi connectivity index (χ2v) is 6.48. The molecule has 0 radical (unpaired) electrons. The van der Waals surface area contributed by atoms with Crippen molar-refractivity contribution in [3.8, 4) is 0 Å². The Balaban J connectivity index is 2.20. The van der Waals surface area contributed by atoms with E-state index in [2.05, 4.69) is 11.0 Å². The Morgan fingerprint density at radius 1 is 1.24 bits per heavy atom. The van der Waals surface area contributed by atoms with Gasteiger partial charge in [-0.1, -0.05) is 11.6 Å². The summed E-state index contributed by atoms with van der Waals surface area (Å²) in [7, 11) is 1.99. The van der Waals surface area contributed by atoms with E-state index >= 15 is 0 Å². The number of pyridine rings is 1. The van der Waals surface area contributed by atoms with Gasteiger partial charge in [-0.05, 0) is 57.0 Å². The summed E-state index contributed by atoms with van der Waals surface area (Å²) in [5.41, 5.74) is 3.97. The summed E-state index contributed by atoms with van der Waals surface area (Å²) in [6.45, 7) is 6.91. The topological polar surface area (TPSA) is 25.2 Å². The number of benzene rings is 1. The molecular weight excluding hydrogens is 284 g/mol. The van der Waals surface area contributed by atoms with Crippen molar-refractivity contribution in [2.24, 2.45) is 7.05 Å². The molecule has 0 saturated carbocycles. The Hall–Kier alpha value is -1.32. The fourth-order valence-electron chi connectivity index (χ4n) is 3.17. The molecule has 1 saturated heterocycles. The number of fused-ring (bicyclic) bond motifs is 1. The van der Waals surface area contributed by atoms with Gasteiger partial charge in [-0.15, -0.1) is 0 Å². The molecule has 3 nitrogen and oxygen atoms in total. The van der Waals surface area contributed by atoms with Crippen molar-refractivity contribution < 1.29 is 0 Å². The van der Waals surface area contributed by atoms with Crippen LogP contribution in [0.25, 0.3) is 10.9 Å². The van der Waals surface area contributed by atoms with Gasteiger partial charge >= 0.3 is 0 Å². The monoisotopic (exact) mass is 304 g/mol. The zero-order valence-corrected chi connectivity index (χ0v) is 13.6. The second-order valence-electron chi connectivity index (χ2n) is 6.10. The molecule has 0 atom stereocenters. The Labute approximate surface area is 130 Å². The molecule has 2 aromatic rings. The lowest BCUT2D eigenvalue weighted by Crippen LogP contribution is -2.24. The van der Waals surface area contributed by atoms with Gasteiger partial charge in [0.2, 0.25) is 0 Å². The Kier molecular flexibility index (Phi) is 3.80. The lowest BCUT2D eigenvalue weighted by atomic mass is 10.0. The van der Waals surface area contributed by atoms with Gasteiger partial charge in [-0.25, -0.2) is 0 Å². The van der Waals surface area contributed by atoms with Gasteiger partial charge in [0.1, 0.15) is 0 Å². The first-order chi connectivity index (χ1) is 9.99. The molecule has 0 aliphatic carbocycles. The van der Waals surface area contributed by atoms with E-state index in [1.807, 2.05) is 31.7 Å². The van der Waals surface area contributed by atoms with Crippen molar-refractivity contribution in [2.75, 3.05) is 13.1 Å². The quantitative estimate of drug-likeness (QED) is 0.849. The first-order valence-corrected chi connectivity index (χ1v) is 7.87. The highest BCUT2D eigenvalue weighted by Gasteiger charge is 2.17. The van der Waals surface area contributed by atoms with Gasteiger partial charge in [-0.2, -0.15) is 0 Å². The molecule has 1 aliphatic heterocycles. The first-order valence-electron chi connectivity index (χ1n) is 7.49. The maximum Gasteiger partial charge on any atom is 0.195 e. The summed E-state index contributed by atoms with van der Waals surface area (Å²) in [6, 6.07) is 2.05. The van der Waals surface area contributed by atoms with Gasteiger partial charge in [0.15, 0.2) is 5.43 Å². The van der Waals surface area contributed by atoms with Crippen molar-refractivity contribution in [3.05, 3.63) is 44.2 Å². The van der Waals surface area contributed by atoms with E-state index in [4.69, 9.17) is 11.6 Å². The summed E-state index contributed by atoms with van der Waals surface area (Å²) in [6.07, 6.45) is 4.42. The van der Waals surface area contributed by atoms with E-state index in [-0.39, 0.29) is 5.43 Å². The van der Waals surface area contributed by atoms with E-state index in [1.54, 1.807) is 0 Å². The lowest BCUT2D eigenvalue weighted by Gasteiger charge is -2.17. The number of rotatable bonds is 2. The summed E-state index contributed by atoms with van der Waals surface area (Å²) < 4.78 is 2.03. The normalized spacial score (nSPS) is 16.0. The van der Waals surface area contributed by atoms with Crippen molar-refractivity contribution in [2.45, 2.75) is 33.2 Å². The van der Waals surface area contributed by atoms with E-state index in [9.17, 15) is 4.79 Å². The predicted octanol–water partition coefficient (Wildman–Crippen LogP) is 3.40. The zero-order chi connectivity index (χ0) is 15.1. The average Bonchev–Trinajstić information content (AvgIpc) is 2.94. The van der Waals surface area contributed by atoms with Crippen LogP contribution in [0.4, 0.5) is 0 Å². The molecule has 0 bridgehead atoms. The molecule has 3 rings (SSSR count). The van der Waals surface area contributed by atoms with Crippen LogP contribution in [0.1, 0.15) is 29.5 Å². The molecule has 21 heavy (non-hydrogen) atoms. The van der Waals surface area contributed by atoms with E-state index in [0.29, 0.717) is 10.4 Å². The number of halogens is 1. The van der Waals surface area contributed by atoms with Crippen LogP contribution in [-0.2, 0) is 13.6 Å². The third-order valence-corrected chi connectivity index (χ3v) is 5.06. The molecule has 112 valence electrons. The van der Waals surface area contributed by atoms with Crippen LogP contribution in [0.2, 0.25) is 5.02 Å². The highest BCUT2D eigenvalue weighted by molar-refractivity contribution is 6.36. The largest absolute Gasteiger partial charge is 0.350 e. The number of likely N-dealkylation sites (tertiary alicyclic amines) is 1. The molecule has 0 unspecified atom stereocenters. The van der Waals surface area contributed by atoms with Gasteiger partial charge in [0.05, 0.1) is 15.9 Å². The molecule has 1 aliphatic rings. The molecular formula is C17H21ClN2O. The Morgan fingerprint density at radius 3 is 2.57 bits per heavy atom. The minimum atomic E-state index is 0.0862. The SMILES string of the molecule is Cc1cc2c(c(Cl)c1C)c(=O)c(CN1CCCC1)cn2C. The number of aryl methyl sites for hydroxylation is 2. The third kappa shape index (κ3) is 2.49. The molecule has 1 aromatic heterocycles. The van der Waals surface area contributed by atoms with Gasteiger partial charge in [0.25, 0.3) is 0 Å². The fraction of sp³-hybridized carbons (Fsp3) is 0.471. The van der Waals surface area contributed by atoms with Crippen LogP contribution in [0, 0.1) is 13.8 Å². The molecule has 2 heterocycles. The van der Waals surface area contributed by atoms with Crippen molar-refractivity contribution in [1.29, 1.82) is 0 Å². The second kappa shape index (κ2) is 5.47. The van der Waals surface area contributed by atoms with Crippen LogP contribution in [-0.4, -0.2) is 22.6 Å². The smallest absolute Gasteiger partial charge is 0.195 e. The third-order valence-electron chi connectivity index (χ3n) is 4.59. The van der Waals surface area contributed by atoms with E-state index < -0.39 is 0 Å². The molecule has 4 heteroatoms. The van der Waals surface area contributed by atoms with Crippen LogP contribution < -0.4 is 5.43 Å². The highest BCUT2D eigenvalue weighted by Crippen LogP contribution is 2.27. The maximum atomic E-state index is 12.8. The minimum absolute atomic E-state index is 0.0862. The van der Waals surface area contributed by atoms with E-state index in [1.165, 1.54) is 12.8 Å². The number of hydrogen-bond donors (Lipinski definition) is 0. The number of aromatic nitrogens is 1. The van der Waals surface area contributed by atoms with Crippen LogP contribution in [0.3, 0.4) is 0 Å². The summed E-state index contributed by atoms with van der Waals surface area (Å²) in [5, 5.41) is 1.27. The van der Waals surface area contributed by atoms with Crippen molar-refractivity contribution >= 4 is 22.5 Å². The summed E-state index contributed by atoms with van der Waals surface area (Å²) in [4.78, 5) is 15.2. The van der Waals surface area contributed by atoms with Crippen molar-refractivity contribution in [1.82, 2.24) is 9.47 Å². The maximum absolute atomic E-state index is 12.8. The first kappa shape index (κ1) is 14.6. The predicted molar refractivity (Wildman–Crippen MR) is 88.2 cm³/mol. The van der Waals surface area contributed by atoms with Crippen LogP contribution >= 0.6 is 11.6 Å². The van der Waals surface area contributed by atoms with Gasteiger partial charge in [-0.3, -0.25) is 9.69 Å². The molecule has 0 amide bonds. The lowest BCUT2D eigenvalue weighted by molar-refractivity contribution is 0.330. The van der Waals surface area contributed by atoms with E-state index in [0.717, 1.165) is 41.8 Å². The van der Waals surface area contributed by atoms with Crippen LogP contribution in [0.15, 0.2) is 17.1 Å². The minimum Gasteiger partial charge on any atom is -0.350 e.